The molecule has 6 nitrogen and oxygen atoms in total. The van der Waals surface area contributed by atoms with E-state index in [1.54, 1.807) is 24.3 Å². The van der Waals surface area contributed by atoms with E-state index in [9.17, 15) is 18.4 Å². The largest absolute Gasteiger partial charge is 0.489 e. The van der Waals surface area contributed by atoms with Crippen molar-refractivity contribution in [3.05, 3.63) is 88.4 Å². The van der Waals surface area contributed by atoms with Crippen molar-refractivity contribution in [1.29, 1.82) is 5.26 Å². The van der Waals surface area contributed by atoms with Gasteiger partial charge in [0.2, 0.25) is 11.8 Å². The third kappa shape index (κ3) is 3.43. The number of rotatable bonds is 4. The van der Waals surface area contributed by atoms with Crippen LogP contribution in [0.4, 0.5) is 13.2 Å². The number of ether oxygens (including phenoxy) is 2. The van der Waals surface area contributed by atoms with Crippen molar-refractivity contribution in [2.75, 3.05) is 0 Å². The minimum absolute atomic E-state index is 0.148. The van der Waals surface area contributed by atoms with Crippen LogP contribution in [0.1, 0.15) is 28.3 Å². The molecule has 0 aliphatic carbocycles. The minimum Gasteiger partial charge on any atom is -0.489 e. The summed E-state index contributed by atoms with van der Waals surface area (Å²) in [4.78, 5) is 0. The minimum atomic E-state index is -4.73. The molecule has 0 bridgehead atoms. The first-order valence-electron chi connectivity index (χ1n) is 8.89. The van der Waals surface area contributed by atoms with Gasteiger partial charge in [-0.15, -0.1) is 5.10 Å². The zero-order chi connectivity index (χ0) is 21.3. The topological polar surface area (TPSA) is 97.0 Å². The Kier molecular flexibility index (Phi) is 4.83. The number of fused-ring (bicyclic) bond motifs is 1. The first kappa shape index (κ1) is 19.4. The molecule has 0 unspecified atom stereocenters. The summed E-state index contributed by atoms with van der Waals surface area (Å²) < 4.78 is 51.9. The SMILES string of the molecule is N#CC1=C(N)Oc2n[nH]c(C(F)(F)F)c2[C@@H]1c1ccccc1OCc1ccccc1. The van der Waals surface area contributed by atoms with Gasteiger partial charge >= 0.3 is 6.18 Å². The third-order valence-electron chi connectivity index (χ3n) is 4.69. The molecule has 1 aliphatic heterocycles. The van der Waals surface area contributed by atoms with Crippen LogP contribution in [0, 0.1) is 11.3 Å². The van der Waals surface area contributed by atoms with E-state index in [0.29, 0.717) is 11.3 Å². The van der Waals surface area contributed by atoms with Crippen LogP contribution in [0.15, 0.2) is 66.1 Å². The zero-order valence-electron chi connectivity index (χ0n) is 15.4. The number of nitriles is 1. The van der Waals surface area contributed by atoms with Crippen LogP contribution < -0.4 is 15.2 Å². The predicted molar refractivity (Wildman–Crippen MR) is 100 cm³/mol. The van der Waals surface area contributed by atoms with Gasteiger partial charge in [-0.1, -0.05) is 48.5 Å². The van der Waals surface area contributed by atoms with Crippen molar-refractivity contribution >= 4 is 0 Å². The standard InChI is InChI=1S/C21H15F3N4O2/c22-21(23,24)18-17-16(14(10-25)19(26)30-20(17)28-27-18)13-8-4-5-9-15(13)29-11-12-6-2-1-3-7-12/h1-9,16H,11,26H2,(H,27,28)/t16-/m1/s1. The zero-order valence-corrected chi connectivity index (χ0v) is 15.4. The number of benzene rings is 2. The quantitative estimate of drug-likeness (QED) is 0.669. The van der Waals surface area contributed by atoms with Gasteiger partial charge in [-0.25, -0.2) is 0 Å². The molecule has 1 aliphatic rings. The molecule has 2 heterocycles. The van der Waals surface area contributed by atoms with Crippen molar-refractivity contribution in [3.8, 4) is 17.7 Å². The van der Waals surface area contributed by atoms with E-state index in [2.05, 4.69) is 5.10 Å². The van der Waals surface area contributed by atoms with Crippen molar-refractivity contribution in [1.82, 2.24) is 10.2 Å². The predicted octanol–water partition coefficient (Wildman–Crippen LogP) is 4.23. The number of hydrogen-bond acceptors (Lipinski definition) is 5. The lowest BCUT2D eigenvalue weighted by Gasteiger charge is -2.26. The molecule has 0 spiro atoms. The highest BCUT2D eigenvalue weighted by Gasteiger charge is 2.45. The molecule has 1 aromatic heterocycles. The summed E-state index contributed by atoms with van der Waals surface area (Å²) in [5.74, 6) is -1.44. The lowest BCUT2D eigenvalue weighted by atomic mass is 9.83. The van der Waals surface area contributed by atoms with E-state index in [1.165, 1.54) is 0 Å². The smallest absolute Gasteiger partial charge is 0.433 e. The molecule has 152 valence electrons. The Labute approximate surface area is 169 Å². The number of nitrogens with two attached hydrogens (primary N) is 1. The van der Waals surface area contributed by atoms with E-state index >= 15 is 0 Å². The van der Waals surface area contributed by atoms with Gasteiger partial charge in [0.05, 0.1) is 11.5 Å². The van der Waals surface area contributed by atoms with E-state index in [0.717, 1.165) is 5.56 Å². The Morgan fingerprint density at radius 2 is 1.83 bits per heavy atom. The Morgan fingerprint density at radius 3 is 2.53 bits per heavy atom. The summed E-state index contributed by atoms with van der Waals surface area (Å²) in [5, 5.41) is 15.2. The Balaban J connectivity index is 1.82. The van der Waals surface area contributed by atoms with E-state index in [1.807, 2.05) is 41.5 Å². The molecule has 0 saturated heterocycles. The Hall–Kier alpha value is -3.93. The molecule has 0 radical (unpaired) electrons. The van der Waals surface area contributed by atoms with Crippen LogP contribution >= 0.6 is 0 Å². The fourth-order valence-electron chi connectivity index (χ4n) is 3.36. The first-order chi connectivity index (χ1) is 14.4. The fraction of sp³-hybridized carbons (Fsp3) is 0.143. The summed E-state index contributed by atoms with van der Waals surface area (Å²) in [5.41, 5.74) is 5.51. The molecular weight excluding hydrogens is 397 g/mol. The van der Waals surface area contributed by atoms with Crippen LogP contribution in [0.5, 0.6) is 11.6 Å². The number of nitrogens with one attached hydrogen (secondary N) is 1. The van der Waals surface area contributed by atoms with Gasteiger partial charge in [0.25, 0.3) is 0 Å². The maximum Gasteiger partial charge on any atom is 0.433 e. The number of halogens is 3. The summed E-state index contributed by atoms with van der Waals surface area (Å²) in [6.07, 6.45) is -4.73. The van der Waals surface area contributed by atoms with E-state index in [-0.39, 0.29) is 29.5 Å². The Bertz CT molecular complexity index is 1150. The highest BCUT2D eigenvalue weighted by Crippen LogP contribution is 2.48. The van der Waals surface area contributed by atoms with Crippen LogP contribution in [-0.4, -0.2) is 10.2 Å². The van der Waals surface area contributed by atoms with Crippen molar-refractivity contribution < 1.29 is 22.6 Å². The second-order valence-electron chi connectivity index (χ2n) is 6.55. The van der Waals surface area contributed by atoms with Crippen LogP contribution in [0.2, 0.25) is 0 Å². The second kappa shape index (κ2) is 7.48. The van der Waals surface area contributed by atoms with Gasteiger partial charge < -0.3 is 15.2 Å². The molecule has 0 fully saturated rings. The summed E-state index contributed by atoms with van der Waals surface area (Å²) in [6, 6.07) is 17.8. The number of hydrogen-bond donors (Lipinski definition) is 2. The lowest BCUT2D eigenvalue weighted by Crippen LogP contribution is -2.23. The van der Waals surface area contributed by atoms with E-state index in [4.69, 9.17) is 15.2 Å². The third-order valence-corrected chi connectivity index (χ3v) is 4.69. The molecule has 9 heteroatoms. The first-order valence-corrected chi connectivity index (χ1v) is 8.89. The fourth-order valence-corrected chi connectivity index (χ4v) is 3.36. The van der Waals surface area contributed by atoms with Gasteiger partial charge in [0.1, 0.15) is 29.7 Å². The number of aromatic nitrogens is 2. The number of allylic oxidation sites excluding steroid dienone is 1. The van der Waals surface area contributed by atoms with Gasteiger partial charge in [0, 0.05) is 5.56 Å². The van der Waals surface area contributed by atoms with E-state index < -0.39 is 17.8 Å². The molecule has 1 atom stereocenters. The lowest BCUT2D eigenvalue weighted by molar-refractivity contribution is -0.141. The molecule has 3 N–H and O–H groups in total. The van der Waals surface area contributed by atoms with Gasteiger partial charge in [0.15, 0.2) is 0 Å². The number of H-pyrrole nitrogens is 1. The number of aromatic amines is 1. The van der Waals surface area contributed by atoms with Crippen LogP contribution in [0.3, 0.4) is 0 Å². The molecule has 30 heavy (non-hydrogen) atoms. The van der Waals surface area contributed by atoms with Crippen LogP contribution in [0.25, 0.3) is 0 Å². The van der Waals surface area contributed by atoms with Crippen molar-refractivity contribution in [2.24, 2.45) is 5.73 Å². The monoisotopic (exact) mass is 412 g/mol. The highest BCUT2D eigenvalue weighted by molar-refractivity contribution is 5.58. The maximum absolute atomic E-state index is 13.6. The maximum atomic E-state index is 13.6. The Morgan fingerprint density at radius 1 is 1.13 bits per heavy atom. The number of alkyl halides is 3. The van der Waals surface area contributed by atoms with Crippen LogP contribution in [-0.2, 0) is 12.8 Å². The number of para-hydroxylation sites is 1. The molecule has 3 aromatic rings. The normalized spacial score (nSPS) is 15.9. The summed E-state index contributed by atoms with van der Waals surface area (Å²) in [7, 11) is 0. The molecule has 2 aromatic carbocycles. The van der Waals surface area contributed by atoms with Crippen molar-refractivity contribution in [3.63, 3.8) is 0 Å². The van der Waals surface area contributed by atoms with Gasteiger partial charge in [-0.05, 0) is 11.6 Å². The highest BCUT2D eigenvalue weighted by atomic mass is 19.4. The summed E-state index contributed by atoms with van der Waals surface area (Å²) in [6.45, 7) is 0.201. The van der Waals surface area contributed by atoms with Gasteiger partial charge in [-0.2, -0.15) is 18.4 Å². The average molecular weight is 412 g/mol. The second-order valence-corrected chi connectivity index (χ2v) is 6.55. The van der Waals surface area contributed by atoms with Gasteiger partial charge in [-0.3, -0.25) is 5.10 Å². The van der Waals surface area contributed by atoms with Crippen molar-refractivity contribution in [2.45, 2.75) is 18.7 Å². The molecule has 0 amide bonds. The molecule has 0 saturated carbocycles. The molecule has 4 rings (SSSR count). The molecular formula is C21H15F3N4O2. The average Bonchev–Trinajstić information content (AvgIpc) is 3.16. The summed E-state index contributed by atoms with van der Waals surface area (Å²) >= 11 is 0. The number of nitrogens with zero attached hydrogens (tertiary/aromatic N) is 2.